The molecule has 2 aromatic rings. The number of nitrogens with zero attached hydrogens (tertiary/aromatic N) is 1. The summed E-state index contributed by atoms with van der Waals surface area (Å²) in [5.74, 6) is 2.39. The number of hydrogen-bond acceptors (Lipinski definition) is 5. The number of nitrogens with one attached hydrogen (secondary N) is 1. The summed E-state index contributed by atoms with van der Waals surface area (Å²) in [5.41, 5.74) is 3.04. The number of hydrogen-bond donors (Lipinski definition) is 2. The number of ether oxygens (including phenoxy) is 2. The van der Waals surface area contributed by atoms with Crippen molar-refractivity contribution in [1.29, 1.82) is 0 Å². The highest BCUT2D eigenvalue weighted by atomic mass is 16.5. The highest BCUT2D eigenvalue weighted by Crippen LogP contribution is 2.35. The molecule has 0 saturated carbocycles. The van der Waals surface area contributed by atoms with Crippen LogP contribution in [-0.2, 0) is 0 Å². The van der Waals surface area contributed by atoms with Gasteiger partial charge in [0.05, 0.1) is 12.6 Å². The molecule has 1 unspecified atom stereocenters. The molecular formula is C25H36N2O3. The molecule has 0 aliphatic carbocycles. The monoisotopic (exact) mass is 412 g/mol. The van der Waals surface area contributed by atoms with Crippen molar-refractivity contribution in [2.75, 3.05) is 39.4 Å². The fourth-order valence-electron chi connectivity index (χ4n) is 3.92. The first-order valence-electron chi connectivity index (χ1n) is 11.1. The Balaban J connectivity index is 1.89. The first-order valence-corrected chi connectivity index (χ1v) is 11.1. The molecule has 1 aliphatic heterocycles. The first kappa shape index (κ1) is 22.4. The Kier molecular flexibility index (Phi) is 8.00. The Morgan fingerprint density at radius 1 is 1.03 bits per heavy atom. The third kappa shape index (κ3) is 5.46. The number of benzene rings is 2. The van der Waals surface area contributed by atoms with Gasteiger partial charge in [0.1, 0.15) is 23.9 Å². The van der Waals surface area contributed by atoms with Crippen LogP contribution in [0.25, 0.3) is 0 Å². The third-order valence-corrected chi connectivity index (χ3v) is 5.68. The van der Waals surface area contributed by atoms with E-state index in [1.807, 2.05) is 25.1 Å². The Bertz CT molecular complexity index is 816. The average Bonchev–Trinajstić information content (AvgIpc) is 2.76. The molecule has 2 N–H and O–H groups in total. The van der Waals surface area contributed by atoms with E-state index in [0.29, 0.717) is 19.0 Å². The molecular weight excluding hydrogens is 376 g/mol. The van der Waals surface area contributed by atoms with Crippen molar-refractivity contribution in [3.8, 4) is 17.2 Å². The molecule has 0 spiro atoms. The lowest BCUT2D eigenvalue weighted by Gasteiger charge is -2.36. The van der Waals surface area contributed by atoms with Crippen molar-refractivity contribution in [2.24, 2.45) is 0 Å². The number of piperazine rings is 1. The smallest absolute Gasteiger partial charge is 0.124 e. The van der Waals surface area contributed by atoms with Crippen LogP contribution >= 0.6 is 0 Å². The van der Waals surface area contributed by atoms with E-state index in [2.05, 4.69) is 49.2 Å². The van der Waals surface area contributed by atoms with E-state index in [1.54, 1.807) is 0 Å². The molecule has 1 aliphatic rings. The maximum Gasteiger partial charge on any atom is 0.124 e. The highest BCUT2D eigenvalue weighted by Gasteiger charge is 2.26. The first-order chi connectivity index (χ1) is 14.5. The van der Waals surface area contributed by atoms with Gasteiger partial charge in [-0.15, -0.1) is 0 Å². The fourth-order valence-corrected chi connectivity index (χ4v) is 3.92. The normalized spacial score (nSPS) is 15.9. The van der Waals surface area contributed by atoms with Crippen LogP contribution in [0.4, 0.5) is 0 Å². The molecule has 0 radical (unpaired) electrons. The minimum atomic E-state index is 0.106. The number of para-hydroxylation sites is 1. The molecule has 0 bridgehead atoms. The fraction of sp³-hybridized carbons (Fsp3) is 0.520. The molecule has 0 amide bonds. The lowest BCUT2D eigenvalue weighted by molar-refractivity contribution is 0.117. The van der Waals surface area contributed by atoms with E-state index in [0.717, 1.165) is 55.2 Å². The molecule has 2 aromatic carbocycles. The van der Waals surface area contributed by atoms with Crippen LogP contribution in [-0.4, -0.2) is 49.4 Å². The second-order valence-corrected chi connectivity index (χ2v) is 8.33. The lowest BCUT2D eigenvalue weighted by atomic mass is 9.99. The molecule has 164 valence electrons. The number of aromatic hydroxyl groups is 1. The van der Waals surface area contributed by atoms with Gasteiger partial charge in [0, 0.05) is 37.3 Å². The van der Waals surface area contributed by atoms with Crippen molar-refractivity contribution in [3.63, 3.8) is 0 Å². The number of rotatable bonds is 9. The summed E-state index contributed by atoms with van der Waals surface area (Å²) in [4.78, 5) is 2.48. The Labute approximate surface area is 181 Å². The van der Waals surface area contributed by atoms with Crippen molar-refractivity contribution in [2.45, 2.75) is 46.1 Å². The van der Waals surface area contributed by atoms with Crippen LogP contribution in [0.3, 0.4) is 0 Å². The molecule has 5 nitrogen and oxygen atoms in total. The van der Waals surface area contributed by atoms with Crippen molar-refractivity contribution >= 4 is 0 Å². The van der Waals surface area contributed by atoms with Crippen LogP contribution in [0.5, 0.6) is 17.2 Å². The quantitative estimate of drug-likeness (QED) is 0.628. The predicted molar refractivity (Wildman–Crippen MR) is 122 cm³/mol. The Hall–Kier alpha value is -2.24. The van der Waals surface area contributed by atoms with Gasteiger partial charge >= 0.3 is 0 Å². The maximum atomic E-state index is 10.2. The standard InChI is InChI=1S/C25H36N2O3/c1-5-14-29-24-9-7-6-8-20(24)22(27-12-10-26-11-13-27)17-30-25-15-19(4)23(28)16-21(25)18(2)3/h6-9,15-16,18,22,26,28H,5,10-14,17H2,1-4H3. The van der Waals surface area contributed by atoms with E-state index in [1.165, 1.54) is 5.56 Å². The van der Waals surface area contributed by atoms with Crippen LogP contribution in [0.1, 0.15) is 55.8 Å². The lowest BCUT2D eigenvalue weighted by Crippen LogP contribution is -2.46. The minimum Gasteiger partial charge on any atom is -0.508 e. The summed E-state index contributed by atoms with van der Waals surface area (Å²) in [6, 6.07) is 12.2. The number of phenols is 1. The van der Waals surface area contributed by atoms with Crippen molar-refractivity contribution in [3.05, 3.63) is 53.1 Å². The van der Waals surface area contributed by atoms with E-state index < -0.39 is 0 Å². The Morgan fingerprint density at radius 2 is 1.77 bits per heavy atom. The van der Waals surface area contributed by atoms with E-state index in [9.17, 15) is 5.11 Å². The molecule has 1 fully saturated rings. The number of phenolic OH excluding ortho intramolecular Hbond substituents is 1. The van der Waals surface area contributed by atoms with Gasteiger partial charge < -0.3 is 19.9 Å². The van der Waals surface area contributed by atoms with Crippen molar-refractivity contribution < 1.29 is 14.6 Å². The van der Waals surface area contributed by atoms with Gasteiger partial charge in [0.25, 0.3) is 0 Å². The summed E-state index contributed by atoms with van der Waals surface area (Å²) >= 11 is 0. The molecule has 3 rings (SSSR count). The summed E-state index contributed by atoms with van der Waals surface area (Å²) < 4.78 is 12.5. The van der Waals surface area contributed by atoms with Gasteiger partial charge in [-0.2, -0.15) is 0 Å². The molecule has 30 heavy (non-hydrogen) atoms. The van der Waals surface area contributed by atoms with Gasteiger partial charge in [-0.05, 0) is 43.0 Å². The average molecular weight is 413 g/mol. The molecule has 1 saturated heterocycles. The van der Waals surface area contributed by atoms with Gasteiger partial charge in [-0.25, -0.2) is 0 Å². The van der Waals surface area contributed by atoms with Crippen molar-refractivity contribution in [1.82, 2.24) is 10.2 Å². The van der Waals surface area contributed by atoms with Crippen LogP contribution in [0, 0.1) is 6.92 Å². The van der Waals surface area contributed by atoms with Gasteiger partial charge in [0.2, 0.25) is 0 Å². The van der Waals surface area contributed by atoms with E-state index >= 15 is 0 Å². The summed E-state index contributed by atoms with van der Waals surface area (Å²) in [5, 5.41) is 13.6. The van der Waals surface area contributed by atoms with Gasteiger partial charge in [0.15, 0.2) is 0 Å². The zero-order valence-corrected chi connectivity index (χ0v) is 18.8. The SMILES string of the molecule is CCCOc1ccccc1C(COc1cc(C)c(O)cc1C(C)C)N1CCNCC1. The van der Waals surface area contributed by atoms with Gasteiger partial charge in [-0.3, -0.25) is 4.90 Å². The van der Waals surface area contributed by atoms with E-state index in [4.69, 9.17) is 9.47 Å². The number of aryl methyl sites for hydroxylation is 1. The zero-order valence-electron chi connectivity index (χ0n) is 18.8. The second-order valence-electron chi connectivity index (χ2n) is 8.33. The molecule has 5 heteroatoms. The van der Waals surface area contributed by atoms with Gasteiger partial charge in [-0.1, -0.05) is 39.0 Å². The van der Waals surface area contributed by atoms with Crippen LogP contribution in [0.2, 0.25) is 0 Å². The van der Waals surface area contributed by atoms with Crippen LogP contribution in [0.15, 0.2) is 36.4 Å². The Morgan fingerprint density at radius 3 is 2.47 bits per heavy atom. The molecule has 0 aromatic heterocycles. The van der Waals surface area contributed by atoms with E-state index in [-0.39, 0.29) is 12.0 Å². The molecule has 1 heterocycles. The van der Waals surface area contributed by atoms with Crippen LogP contribution < -0.4 is 14.8 Å². The zero-order chi connectivity index (χ0) is 21.5. The minimum absolute atomic E-state index is 0.106. The summed E-state index contributed by atoms with van der Waals surface area (Å²) in [6.45, 7) is 13.4. The topological polar surface area (TPSA) is 54.0 Å². The molecule has 1 atom stereocenters. The maximum absolute atomic E-state index is 10.2. The predicted octanol–water partition coefficient (Wildman–Crippen LogP) is 4.64. The summed E-state index contributed by atoms with van der Waals surface area (Å²) in [7, 11) is 0. The largest absolute Gasteiger partial charge is 0.508 e. The second kappa shape index (κ2) is 10.7. The third-order valence-electron chi connectivity index (χ3n) is 5.68. The summed E-state index contributed by atoms with van der Waals surface area (Å²) in [6.07, 6.45) is 0.980. The highest BCUT2D eigenvalue weighted by molar-refractivity contribution is 5.46.